The van der Waals surface area contributed by atoms with E-state index in [0.29, 0.717) is 10.8 Å². The minimum Gasteiger partial charge on any atom is -0.370 e. The van der Waals surface area contributed by atoms with Crippen LogP contribution in [-0.4, -0.2) is 16.9 Å². The van der Waals surface area contributed by atoms with Gasteiger partial charge in [0.15, 0.2) is 5.96 Å². The van der Waals surface area contributed by atoms with Gasteiger partial charge in [-0.05, 0) is 24.1 Å². The SMILES string of the molecule is CCc1ccc(NC(=O)Cc2csc(N=C(N)N)n2)cc1.Cl. The van der Waals surface area contributed by atoms with Crippen molar-refractivity contribution in [2.75, 3.05) is 5.32 Å². The third-order valence-corrected chi connectivity index (χ3v) is 3.54. The summed E-state index contributed by atoms with van der Waals surface area (Å²) >= 11 is 1.29. The third kappa shape index (κ3) is 5.34. The van der Waals surface area contributed by atoms with Crippen molar-refractivity contribution in [3.05, 3.63) is 40.9 Å². The number of amides is 1. The fourth-order valence-electron chi connectivity index (χ4n) is 1.73. The lowest BCUT2D eigenvalue weighted by Crippen LogP contribution is -2.21. The number of thiazole rings is 1. The lowest BCUT2D eigenvalue weighted by molar-refractivity contribution is -0.115. The molecule has 0 bridgehead atoms. The standard InChI is InChI=1S/C14H17N5OS.ClH/c1-2-9-3-5-10(6-4-9)17-12(20)7-11-8-21-14(18-11)19-13(15)16;/h3-6,8H,2,7H2,1H3,(H,17,20)(H4,15,16,18,19);1H. The molecule has 0 saturated carbocycles. The zero-order valence-electron chi connectivity index (χ0n) is 12.1. The monoisotopic (exact) mass is 339 g/mol. The third-order valence-electron chi connectivity index (χ3n) is 2.75. The minimum atomic E-state index is -0.124. The summed E-state index contributed by atoms with van der Waals surface area (Å²) in [5.74, 6) is -0.169. The smallest absolute Gasteiger partial charge is 0.230 e. The predicted molar refractivity (Wildman–Crippen MR) is 93.0 cm³/mol. The predicted octanol–water partition coefficient (Wildman–Crippen LogP) is 2.21. The minimum absolute atomic E-state index is 0. The first kappa shape index (κ1) is 17.9. The van der Waals surface area contributed by atoms with Crippen molar-refractivity contribution >= 4 is 46.4 Å². The molecule has 6 nitrogen and oxygen atoms in total. The second-order valence-electron chi connectivity index (χ2n) is 4.43. The van der Waals surface area contributed by atoms with Gasteiger partial charge in [-0.15, -0.1) is 23.7 Å². The van der Waals surface area contributed by atoms with Gasteiger partial charge in [-0.2, -0.15) is 4.99 Å². The lowest BCUT2D eigenvalue weighted by Gasteiger charge is -2.04. The number of aliphatic imine (C=N–C) groups is 1. The van der Waals surface area contributed by atoms with Crippen LogP contribution in [0.15, 0.2) is 34.6 Å². The molecule has 0 aliphatic heterocycles. The van der Waals surface area contributed by atoms with E-state index in [1.54, 1.807) is 5.38 Å². The molecule has 118 valence electrons. The van der Waals surface area contributed by atoms with Gasteiger partial charge in [-0.1, -0.05) is 19.1 Å². The molecule has 0 radical (unpaired) electrons. The lowest BCUT2D eigenvalue weighted by atomic mass is 10.1. The van der Waals surface area contributed by atoms with Crippen LogP contribution < -0.4 is 16.8 Å². The van der Waals surface area contributed by atoms with Crippen molar-refractivity contribution < 1.29 is 4.79 Å². The average Bonchev–Trinajstić information content (AvgIpc) is 2.85. The van der Waals surface area contributed by atoms with Crippen LogP contribution in [0.1, 0.15) is 18.2 Å². The second-order valence-corrected chi connectivity index (χ2v) is 5.27. The van der Waals surface area contributed by atoms with Crippen molar-refractivity contribution in [2.45, 2.75) is 19.8 Å². The number of nitrogens with zero attached hydrogens (tertiary/aromatic N) is 2. The molecular weight excluding hydrogens is 322 g/mol. The number of aromatic nitrogens is 1. The van der Waals surface area contributed by atoms with E-state index in [0.717, 1.165) is 12.1 Å². The van der Waals surface area contributed by atoms with Gasteiger partial charge >= 0.3 is 0 Å². The number of benzene rings is 1. The molecule has 1 aromatic carbocycles. The maximum Gasteiger partial charge on any atom is 0.230 e. The summed E-state index contributed by atoms with van der Waals surface area (Å²) in [4.78, 5) is 19.9. The molecular formula is C14H18ClN5OS. The zero-order chi connectivity index (χ0) is 15.2. The summed E-state index contributed by atoms with van der Waals surface area (Å²) in [5.41, 5.74) is 13.2. The molecule has 0 aliphatic rings. The summed E-state index contributed by atoms with van der Waals surface area (Å²) in [6.45, 7) is 2.09. The van der Waals surface area contributed by atoms with Crippen LogP contribution in [0.4, 0.5) is 10.8 Å². The quantitative estimate of drug-likeness (QED) is 0.573. The van der Waals surface area contributed by atoms with E-state index >= 15 is 0 Å². The highest BCUT2D eigenvalue weighted by Gasteiger charge is 2.08. The summed E-state index contributed by atoms with van der Waals surface area (Å²) in [5, 5.41) is 5.05. The van der Waals surface area contributed by atoms with Gasteiger partial charge in [0.2, 0.25) is 11.0 Å². The van der Waals surface area contributed by atoms with E-state index < -0.39 is 0 Å². The van der Waals surface area contributed by atoms with Crippen LogP contribution in [0, 0.1) is 0 Å². The maximum absolute atomic E-state index is 11.9. The van der Waals surface area contributed by atoms with Crippen molar-refractivity contribution in [3.8, 4) is 0 Å². The molecule has 0 atom stereocenters. The first-order valence-electron chi connectivity index (χ1n) is 6.49. The van der Waals surface area contributed by atoms with E-state index in [1.165, 1.54) is 16.9 Å². The summed E-state index contributed by atoms with van der Waals surface area (Å²) in [7, 11) is 0. The highest BCUT2D eigenvalue weighted by atomic mass is 35.5. The van der Waals surface area contributed by atoms with E-state index in [9.17, 15) is 4.79 Å². The zero-order valence-corrected chi connectivity index (χ0v) is 13.7. The largest absolute Gasteiger partial charge is 0.370 e. The second kappa shape index (κ2) is 8.35. The Balaban J connectivity index is 0.00000242. The van der Waals surface area contributed by atoms with Gasteiger partial charge in [0.1, 0.15) is 0 Å². The van der Waals surface area contributed by atoms with Crippen LogP contribution in [0.5, 0.6) is 0 Å². The Morgan fingerprint density at radius 1 is 1.32 bits per heavy atom. The van der Waals surface area contributed by atoms with E-state index in [4.69, 9.17) is 11.5 Å². The number of halogens is 1. The average molecular weight is 340 g/mol. The molecule has 0 spiro atoms. The molecule has 0 unspecified atom stereocenters. The number of anilines is 1. The Kier molecular flexibility index (Phi) is 6.81. The normalized spacial score (nSPS) is 9.68. The molecule has 8 heteroatoms. The number of carbonyl (C=O) groups is 1. The number of aryl methyl sites for hydroxylation is 1. The van der Waals surface area contributed by atoms with Gasteiger partial charge in [-0.25, -0.2) is 4.98 Å². The Morgan fingerprint density at radius 2 is 2.00 bits per heavy atom. The Labute approximate surface area is 139 Å². The number of guanidine groups is 1. The van der Waals surface area contributed by atoms with Gasteiger partial charge in [-0.3, -0.25) is 4.79 Å². The Morgan fingerprint density at radius 3 is 2.59 bits per heavy atom. The number of nitrogens with one attached hydrogen (secondary N) is 1. The number of carbonyl (C=O) groups excluding carboxylic acids is 1. The highest BCUT2D eigenvalue weighted by molar-refractivity contribution is 7.13. The molecule has 2 rings (SSSR count). The van der Waals surface area contributed by atoms with Gasteiger partial charge in [0.05, 0.1) is 12.1 Å². The number of rotatable bonds is 5. The number of nitrogens with two attached hydrogens (primary N) is 2. The summed E-state index contributed by atoms with van der Waals surface area (Å²) in [6, 6.07) is 7.77. The number of hydrogen-bond acceptors (Lipinski definition) is 4. The highest BCUT2D eigenvalue weighted by Crippen LogP contribution is 2.19. The molecule has 1 amide bonds. The van der Waals surface area contributed by atoms with Crippen molar-refractivity contribution in [2.24, 2.45) is 16.5 Å². The van der Waals surface area contributed by atoms with Crippen molar-refractivity contribution in [1.29, 1.82) is 0 Å². The van der Waals surface area contributed by atoms with Crippen molar-refractivity contribution in [1.82, 2.24) is 4.98 Å². The van der Waals surface area contributed by atoms with Gasteiger partial charge in [0, 0.05) is 11.1 Å². The molecule has 22 heavy (non-hydrogen) atoms. The van der Waals surface area contributed by atoms with E-state index in [-0.39, 0.29) is 30.7 Å². The van der Waals surface area contributed by atoms with Crippen LogP contribution in [0.25, 0.3) is 0 Å². The molecule has 1 heterocycles. The van der Waals surface area contributed by atoms with Crippen LogP contribution in [0.3, 0.4) is 0 Å². The van der Waals surface area contributed by atoms with Crippen molar-refractivity contribution in [3.63, 3.8) is 0 Å². The molecule has 2 aromatic rings. The van der Waals surface area contributed by atoms with Crippen LogP contribution in [0.2, 0.25) is 0 Å². The first-order chi connectivity index (χ1) is 10.1. The molecule has 0 aliphatic carbocycles. The molecule has 0 saturated heterocycles. The van der Waals surface area contributed by atoms with E-state index in [2.05, 4.69) is 22.2 Å². The van der Waals surface area contributed by atoms with Gasteiger partial charge in [0.25, 0.3) is 0 Å². The van der Waals surface area contributed by atoms with Crippen LogP contribution in [-0.2, 0) is 17.6 Å². The molecule has 1 aromatic heterocycles. The Bertz CT molecular complexity index is 650. The molecule has 5 N–H and O–H groups in total. The first-order valence-corrected chi connectivity index (χ1v) is 7.37. The summed E-state index contributed by atoms with van der Waals surface area (Å²) in [6.07, 6.45) is 1.16. The Hall–Kier alpha value is -2.12. The maximum atomic E-state index is 11.9. The van der Waals surface area contributed by atoms with Gasteiger partial charge < -0.3 is 16.8 Å². The van der Waals surface area contributed by atoms with Crippen LogP contribution >= 0.6 is 23.7 Å². The van der Waals surface area contributed by atoms with E-state index in [1.807, 2.05) is 24.3 Å². The molecule has 0 fully saturated rings. The summed E-state index contributed by atoms with van der Waals surface area (Å²) < 4.78 is 0. The number of hydrogen-bond donors (Lipinski definition) is 3. The fraction of sp³-hybridized carbons (Fsp3) is 0.214. The topological polar surface area (TPSA) is 106 Å². The fourth-order valence-corrected chi connectivity index (χ4v) is 2.44.